The van der Waals surface area contributed by atoms with E-state index < -0.39 is 0 Å². The number of likely N-dealkylation sites (tertiary alicyclic amines) is 1. The molecule has 7 heteroatoms. The topological polar surface area (TPSA) is 68.2 Å². The van der Waals surface area contributed by atoms with Gasteiger partial charge in [-0.1, -0.05) is 0 Å². The van der Waals surface area contributed by atoms with Crippen molar-refractivity contribution in [2.45, 2.75) is 50.5 Å². The van der Waals surface area contributed by atoms with Crippen molar-refractivity contribution in [1.82, 2.24) is 15.2 Å². The summed E-state index contributed by atoms with van der Waals surface area (Å²) in [5.74, 6) is 3.04. The maximum atomic E-state index is 6.09. The van der Waals surface area contributed by atoms with Crippen LogP contribution in [0.25, 0.3) is 0 Å². The smallest absolute Gasteiger partial charge is 0.213 e. The molecule has 0 spiro atoms. The zero-order chi connectivity index (χ0) is 18.9. The summed E-state index contributed by atoms with van der Waals surface area (Å²) >= 11 is 0. The molecule has 1 aromatic heterocycles. The van der Waals surface area contributed by atoms with Gasteiger partial charge in [-0.3, -0.25) is 4.99 Å². The first-order valence-electron chi connectivity index (χ1n) is 10.6. The van der Waals surface area contributed by atoms with Crippen molar-refractivity contribution in [3.8, 4) is 5.88 Å². The van der Waals surface area contributed by atoms with Crippen molar-refractivity contribution in [3.05, 3.63) is 23.9 Å². The molecule has 1 N–H and O–H groups in total. The number of nitrogens with zero attached hydrogens (tertiary/aromatic N) is 3. The summed E-state index contributed by atoms with van der Waals surface area (Å²) < 4.78 is 17.5. The zero-order valence-electron chi connectivity index (χ0n) is 16.5. The van der Waals surface area contributed by atoms with Gasteiger partial charge < -0.3 is 24.4 Å². The second kappa shape index (κ2) is 7.87. The average Bonchev–Trinajstić information content (AvgIpc) is 3.43. The van der Waals surface area contributed by atoms with E-state index in [1.54, 1.807) is 0 Å². The Morgan fingerprint density at radius 2 is 1.96 bits per heavy atom. The first kappa shape index (κ1) is 18.2. The van der Waals surface area contributed by atoms with Crippen molar-refractivity contribution in [3.63, 3.8) is 0 Å². The maximum absolute atomic E-state index is 6.09. The van der Waals surface area contributed by atoms with E-state index in [9.17, 15) is 0 Å². The van der Waals surface area contributed by atoms with Crippen molar-refractivity contribution < 1.29 is 14.2 Å². The summed E-state index contributed by atoms with van der Waals surface area (Å²) in [5, 5.41) is 3.53. The summed E-state index contributed by atoms with van der Waals surface area (Å²) in [6, 6.07) is 4.06. The van der Waals surface area contributed by atoms with Crippen LogP contribution in [0, 0.1) is 11.8 Å². The van der Waals surface area contributed by atoms with E-state index in [0.717, 1.165) is 50.7 Å². The molecule has 0 radical (unpaired) electrons. The molecule has 1 aromatic rings. The van der Waals surface area contributed by atoms with E-state index in [1.165, 1.54) is 12.8 Å². The number of ether oxygens (including phenoxy) is 3. The Morgan fingerprint density at radius 1 is 1.21 bits per heavy atom. The van der Waals surface area contributed by atoms with Gasteiger partial charge in [0, 0.05) is 63.6 Å². The normalized spacial score (nSPS) is 32.6. The Labute approximate surface area is 166 Å². The molecule has 2 bridgehead atoms. The Balaban J connectivity index is 1.17. The molecule has 0 aliphatic carbocycles. The van der Waals surface area contributed by atoms with E-state index in [2.05, 4.69) is 20.2 Å². The lowest BCUT2D eigenvalue weighted by Gasteiger charge is -2.24. The van der Waals surface area contributed by atoms with Gasteiger partial charge in [-0.05, 0) is 24.5 Å². The van der Waals surface area contributed by atoms with E-state index in [1.807, 2.05) is 25.4 Å². The highest BCUT2D eigenvalue weighted by Gasteiger charge is 2.53. The number of hydrogen-bond acceptors (Lipinski definition) is 5. The molecule has 4 saturated heterocycles. The number of pyridine rings is 1. The fourth-order valence-corrected chi connectivity index (χ4v) is 5.24. The van der Waals surface area contributed by atoms with E-state index >= 15 is 0 Å². The Morgan fingerprint density at radius 3 is 2.68 bits per heavy atom. The van der Waals surface area contributed by atoms with Crippen LogP contribution in [0.3, 0.4) is 0 Å². The number of nitrogens with one attached hydrogen (secondary N) is 1. The van der Waals surface area contributed by atoms with Gasteiger partial charge in [0.2, 0.25) is 5.88 Å². The van der Waals surface area contributed by atoms with Crippen LogP contribution in [-0.4, -0.2) is 67.5 Å². The lowest BCUT2D eigenvalue weighted by atomic mass is 9.82. The molecule has 5 heterocycles. The highest BCUT2D eigenvalue weighted by Crippen LogP contribution is 2.47. The SMILES string of the molecule is CN=C(NCc1ccnc(OC2CCOCC2)c1)N1CC2C3CCC(O3)C2C1. The summed E-state index contributed by atoms with van der Waals surface area (Å²) in [6.07, 6.45) is 7.31. The zero-order valence-corrected chi connectivity index (χ0v) is 16.5. The van der Waals surface area contributed by atoms with Crippen LogP contribution in [0.4, 0.5) is 0 Å². The minimum Gasteiger partial charge on any atom is -0.474 e. The summed E-state index contributed by atoms with van der Waals surface area (Å²) in [4.78, 5) is 11.3. The maximum Gasteiger partial charge on any atom is 0.213 e. The minimum atomic E-state index is 0.207. The van der Waals surface area contributed by atoms with Crippen molar-refractivity contribution >= 4 is 5.96 Å². The van der Waals surface area contributed by atoms with Crippen molar-refractivity contribution in [2.75, 3.05) is 33.4 Å². The van der Waals surface area contributed by atoms with Gasteiger partial charge in [-0.25, -0.2) is 4.98 Å². The Hall–Kier alpha value is -1.86. The molecule has 4 aliphatic rings. The Bertz CT molecular complexity index is 703. The molecule has 152 valence electrons. The lowest BCUT2D eigenvalue weighted by molar-refractivity contribution is 0.0237. The van der Waals surface area contributed by atoms with Crippen LogP contribution in [0.15, 0.2) is 23.3 Å². The van der Waals surface area contributed by atoms with Crippen LogP contribution in [0.1, 0.15) is 31.2 Å². The van der Waals surface area contributed by atoms with Gasteiger partial charge in [-0.15, -0.1) is 0 Å². The third kappa shape index (κ3) is 3.57. The van der Waals surface area contributed by atoms with Gasteiger partial charge >= 0.3 is 0 Å². The van der Waals surface area contributed by atoms with Crippen LogP contribution in [0.2, 0.25) is 0 Å². The van der Waals surface area contributed by atoms with E-state index in [-0.39, 0.29) is 6.10 Å². The van der Waals surface area contributed by atoms with E-state index in [0.29, 0.717) is 36.5 Å². The monoisotopic (exact) mass is 386 g/mol. The third-order valence-corrected chi connectivity index (χ3v) is 6.67. The third-order valence-electron chi connectivity index (χ3n) is 6.67. The average molecular weight is 386 g/mol. The summed E-state index contributed by atoms with van der Waals surface area (Å²) in [7, 11) is 1.87. The molecule has 0 aromatic carbocycles. The van der Waals surface area contributed by atoms with Crippen LogP contribution in [0.5, 0.6) is 5.88 Å². The second-order valence-corrected chi connectivity index (χ2v) is 8.36. The summed E-state index contributed by atoms with van der Waals surface area (Å²) in [5.41, 5.74) is 1.15. The molecular formula is C21H30N4O3. The molecule has 0 amide bonds. The number of guanidine groups is 1. The molecule has 4 atom stereocenters. The molecular weight excluding hydrogens is 356 g/mol. The largest absolute Gasteiger partial charge is 0.474 e. The predicted molar refractivity (Wildman–Crippen MR) is 105 cm³/mol. The first-order chi connectivity index (χ1) is 13.8. The fourth-order valence-electron chi connectivity index (χ4n) is 5.24. The van der Waals surface area contributed by atoms with Gasteiger partial charge in [0.15, 0.2) is 5.96 Å². The van der Waals surface area contributed by atoms with Crippen molar-refractivity contribution in [1.29, 1.82) is 0 Å². The van der Waals surface area contributed by atoms with Crippen LogP contribution in [-0.2, 0) is 16.0 Å². The Kier molecular flexibility index (Phi) is 5.11. The second-order valence-electron chi connectivity index (χ2n) is 8.36. The fraction of sp³-hybridized carbons (Fsp3) is 0.714. The standard InChI is InChI=1S/C21H30N4O3/c1-22-21(25-12-16-17(13-25)19-3-2-18(16)28-19)24-11-14-4-7-23-20(10-14)27-15-5-8-26-9-6-15/h4,7,10,15-19H,2-3,5-6,8-9,11-13H2,1H3,(H,22,24). The summed E-state index contributed by atoms with van der Waals surface area (Å²) in [6.45, 7) is 4.37. The number of rotatable bonds is 4. The molecule has 7 nitrogen and oxygen atoms in total. The van der Waals surface area contributed by atoms with Crippen molar-refractivity contribution in [2.24, 2.45) is 16.8 Å². The van der Waals surface area contributed by atoms with Gasteiger partial charge in [-0.2, -0.15) is 0 Å². The highest BCUT2D eigenvalue weighted by atomic mass is 16.5. The number of hydrogen-bond donors (Lipinski definition) is 1. The van der Waals surface area contributed by atoms with Gasteiger partial charge in [0.05, 0.1) is 25.4 Å². The lowest BCUT2D eigenvalue weighted by Crippen LogP contribution is -2.41. The number of fused-ring (bicyclic) bond motifs is 5. The predicted octanol–water partition coefficient (Wildman–Crippen LogP) is 1.82. The first-order valence-corrected chi connectivity index (χ1v) is 10.6. The molecule has 0 saturated carbocycles. The molecule has 5 rings (SSSR count). The molecule has 4 aliphatic heterocycles. The molecule has 4 unspecified atom stereocenters. The minimum absolute atomic E-state index is 0.207. The van der Waals surface area contributed by atoms with Crippen LogP contribution >= 0.6 is 0 Å². The number of aliphatic imine (C=N–C) groups is 1. The van der Waals surface area contributed by atoms with Crippen LogP contribution < -0.4 is 10.1 Å². The number of aromatic nitrogens is 1. The molecule has 4 fully saturated rings. The van der Waals surface area contributed by atoms with E-state index in [4.69, 9.17) is 14.2 Å². The highest BCUT2D eigenvalue weighted by molar-refractivity contribution is 5.80. The molecule has 28 heavy (non-hydrogen) atoms. The van der Waals surface area contributed by atoms with Gasteiger partial charge in [0.25, 0.3) is 0 Å². The quantitative estimate of drug-likeness (QED) is 0.629. The van der Waals surface area contributed by atoms with Gasteiger partial charge in [0.1, 0.15) is 6.10 Å².